The first-order valence-electron chi connectivity index (χ1n) is 53.6. The van der Waals surface area contributed by atoms with Gasteiger partial charge in [-0.15, -0.1) is 0 Å². The van der Waals surface area contributed by atoms with Crippen LogP contribution in [-0.2, 0) is 17.1 Å². The van der Waals surface area contributed by atoms with Crippen LogP contribution in [0.1, 0.15) is 149 Å². The van der Waals surface area contributed by atoms with E-state index in [1.807, 2.05) is 0 Å². The van der Waals surface area contributed by atoms with Gasteiger partial charge in [-0.3, -0.25) is 0 Å². The SMILES string of the molecule is C.C.C.C.C.C.C.C.C1C2C13C21C32C13C14C56C7C(O[SiH2]OC8C9C8%10C98C%109C8%10C8%11C%12%13C%14CC%14%12C%138C9%11%10)C75C61C234.C1C2C13C21C32C13C14C56C7CC75C61C234.C1C2C13C21C32C13C14C56C7CC75C61C234.C1C2C13C21C32C13C14C56C7CC75C61C234.C1C2C13C21C32C13C14C56C7CC75C61C234.C1C2C13C21C32C13C14C56C7CC75C61C234.C1C2C13C21C32C13C14C56C7CC75C61C234.[SiH3]O[SiH2]O[SiH3]. The largest absolute Gasteiger partial charge is 0.449 e. The van der Waals surface area contributed by atoms with E-state index in [9.17, 15) is 0 Å². The minimum Gasteiger partial charge on any atom is -0.449 e. The summed E-state index contributed by atoms with van der Waals surface area (Å²) in [7, 11) is 0.614. The van der Waals surface area contributed by atoms with E-state index in [2.05, 4.69) is 0 Å². The summed E-state index contributed by atoms with van der Waals surface area (Å²) in [6.07, 6.45) is 25.7. The summed E-state index contributed by atoms with van der Waals surface area (Å²) in [4.78, 5) is 0. The third-order valence-electron chi connectivity index (χ3n) is 92.1. The summed E-state index contributed by atoms with van der Waals surface area (Å²) in [5, 5.41) is 0. The fourth-order valence-electron chi connectivity index (χ4n) is 104. The molecule has 88 fully saturated rings. The normalized spacial score (nSPS) is 135. The maximum Gasteiger partial charge on any atom is 0.305 e. The van der Waals surface area contributed by atoms with E-state index in [4.69, 9.17) is 17.1 Å². The van der Waals surface area contributed by atoms with E-state index in [0.29, 0.717) is 0 Å². The summed E-state index contributed by atoms with van der Waals surface area (Å²) in [5.41, 5.74) is 83.4. The Bertz CT molecular complexity index is 7660. The minimum absolute atomic E-state index is 0. The monoisotopic (exact) mass is 1610 g/mol. The molecule has 0 aromatic heterocycles. The predicted molar refractivity (Wildman–Crippen MR) is 423 cm³/mol. The van der Waals surface area contributed by atoms with E-state index < -0.39 is 20.0 Å². The van der Waals surface area contributed by atoms with Crippen LogP contribution in [0, 0.1) is 485 Å². The zero-order valence-electron chi connectivity index (χ0n) is 61.3. The Balaban J connectivity index is 0.0000000486. The van der Waals surface area contributed by atoms with Crippen molar-refractivity contribution >= 4 is 41.0 Å². The van der Waals surface area contributed by atoms with Gasteiger partial charge in [0.15, 0.2) is 0 Å². The summed E-state index contributed by atoms with van der Waals surface area (Å²) >= 11 is 0. The topological polar surface area (TPSA) is 36.9 Å². The Hall–Kier alpha value is 0.708. The molecule has 84 unspecified atom stereocenters. The second-order valence-electron chi connectivity index (χ2n) is 71.8. The summed E-state index contributed by atoms with van der Waals surface area (Å²) in [6, 6.07) is 0. The van der Waals surface area contributed by atoms with Gasteiger partial charge in [0, 0.05) is 44.3 Å². The maximum absolute atomic E-state index is 6.61. The standard InChI is InChI=1S/C26H12O2Si.6C13H6.8CH4.H8O2Si3/c1-3-9(1)13(3)17(9)21(13)23-15-5-7(11(5,15)19(15,23)25(17,21)23)27-29-28-8-6-12(8)16(6)20(12)24(16)22-14-4-2-10(4,14)18(14,22)26(20,22)24;6*1-3-5(1)7(3)9(5)11(7)12-8-4-2-6(4,8)10(8,12)13(9,11)12;;;;;;;;;3-1-5-2-4/h3-8H,1-2,29H2;6*3-4H,1-2H2;8*1H4;5H2,3-4H3. The maximum atomic E-state index is 6.61. The molecule has 0 heterocycles. The van der Waals surface area contributed by atoms with Crippen molar-refractivity contribution in [3.05, 3.63) is 162 Å². The highest BCUT2D eigenvalue weighted by Crippen LogP contribution is 3.91. The van der Waals surface area contributed by atoms with Crippen molar-refractivity contribution in [3.63, 3.8) is 0 Å². The van der Waals surface area contributed by atoms with Gasteiger partial charge in [-0.1, -0.05) is 59.4 Å². The highest BCUT2D eigenvalue weighted by Gasteiger charge is 3.86. The van der Waals surface area contributed by atoms with E-state index in [1.165, 1.54) is 310 Å². The fraction of sp³-hybridized carbons (Fsp3) is 1.00. The third kappa shape index (κ3) is 1.15. The molecule has 4 nitrogen and oxygen atoms in total. The molecule has 88 aliphatic carbocycles. The van der Waals surface area contributed by atoms with Crippen LogP contribution in [0.2, 0.25) is 0 Å². The van der Waals surface area contributed by atoms with Gasteiger partial charge in [0.05, 0.1) is 12.2 Å². The zero-order valence-corrected chi connectivity index (χ0v) is 68.2. The van der Waals surface area contributed by atoms with Crippen molar-refractivity contribution in [2.24, 2.45) is 322 Å². The third-order valence-corrected chi connectivity index (χ3v) is 94.9. The number of hydrogen-bond acceptors (Lipinski definition) is 4. The highest BCUT2D eigenvalue weighted by atomic mass is 28.3. The lowest BCUT2D eigenvalue weighted by Gasteiger charge is -2.19. The second kappa shape index (κ2) is 6.57. The van der Waals surface area contributed by atoms with E-state index >= 15 is 0 Å². The smallest absolute Gasteiger partial charge is 0.305 e. The van der Waals surface area contributed by atoms with Crippen LogP contribution in [0.15, 0.2) is 0 Å². The molecular weight excluding hydrogens is 1520 g/mol. The summed E-state index contributed by atoms with van der Waals surface area (Å²) < 4.78 is 22.8. The van der Waals surface area contributed by atoms with Crippen LogP contribution in [-0.4, -0.2) is 53.2 Å². The van der Waals surface area contributed by atoms with Gasteiger partial charge in [-0.2, -0.15) is 0 Å². The first kappa shape index (κ1) is 46.6. The van der Waals surface area contributed by atoms with Crippen molar-refractivity contribution in [2.45, 2.75) is 162 Å². The van der Waals surface area contributed by atoms with Crippen LogP contribution < -0.4 is 0 Å². The molecule has 88 aliphatic rings. The van der Waals surface area contributed by atoms with Gasteiger partial charge >= 0.3 is 10.0 Å². The lowest BCUT2D eigenvalue weighted by Crippen LogP contribution is -2.24. The Morgan fingerprint density at radius 2 is 0.292 bits per heavy atom. The molecule has 88 saturated carbocycles. The molecule has 576 valence electrons. The van der Waals surface area contributed by atoms with Gasteiger partial charge in [0.1, 0.15) is 21.0 Å². The number of hydrogen-bond donors (Lipinski definition) is 0. The molecule has 0 aliphatic heterocycles. The van der Waals surface area contributed by atoms with Crippen molar-refractivity contribution in [1.82, 2.24) is 0 Å². The van der Waals surface area contributed by atoms with Gasteiger partial charge in [0.2, 0.25) is 0 Å². The van der Waals surface area contributed by atoms with E-state index in [1.54, 1.807) is 89.9 Å². The first-order chi connectivity index (χ1) is 55.4. The van der Waals surface area contributed by atoms with Crippen LogP contribution in [0.5, 0.6) is 0 Å². The highest BCUT2D eigenvalue weighted by molar-refractivity contribution is 6.99. The summed E-state index contributed by atoms with van der Waals surface area (Å²) in [6.45, 7) is 0. The number of rotatable bonds is 6. The Morgan fingerprint density at radius 1 is 0.158 bits per heavy atom. The van der Waals surface area contributed by atoms with Gasteiger partial charge < -0.3 is 17.1 Å². The Labute approximate surface area is 699 Å². The Kier molecular flexibility index (Phi) is 2.55. The molecule has 0 radical (unpaired) electrons. The van der Waals surface area contributed by atoms with Gasteiger partial charge in [0.25, 0.3) is 10.0 Å². The fourth-order valence-corrected chi connectivity index (χ4v) is 108. The lowest BCUT2D eigenvalue weighted by atomic mass is 9.90. The van der Waals surface area contributed by atoms with Crippen molar-refractivity contribution in [2.75, 3.05) is 0 Å². The second-order valence-corrected chi connectivity index (χ2v) is 77.6. The lowest BCUT2D eigenvalue weighted by molar-refractivity contribution is 0.115. The van der Waals surface area contributed by atoms with Crippen LogP contribution in [0.4, 0.5) is 0 Å². The van der Waals surface area contributed by atoms with Crippen molar-refractivity contribution in [3.8, 4) is 0 Å². The molecule has 84 atom stereocenters. The van der Waals surface area contributed by atoms with Crippen LogP contribution in [0.25, 0.3) is 0 Å². The van der Waals surface area contributed by atoms with Crippen molar-refractivity contribution in [1.29, 1.82) is 0 Å². The molecule has 0 amide bonds. The molecule has 0 N–H and O–H groups in total. The van der Waals surface area contributed by atoms with Crippen LogP contribution in [0.3, 0.4) is 0 Å². The zero-order chi connectivity index (χ0) is 62.5. The summed E-state index contributed by atoms with van der Waals surface area (Å²) in [5.74, 6) is 21.3. The molecule has 72 spiro atoms. The molecule has 0 aromatic carbocycles. The molecule has 0 bridgehead atoms. The first-order valence-corrected chi connectivity index (χ1v) is 57.5. The molecule has 8 heteroatoms. The van der Waals surface area contributed by atoms with E-state index in [-0.39, 0.29) is 59.4 Å². The average molecular weight is 1610 g/mol. The molecule has 0 saturated heterocycles. The molecule has 88 rings (SSSR count). The predicted octanol–water partition coefficient (Wildman–Crippen LogP) is 10.3. The average Bonchev–Trinajstić information content (AvgIpc) is 1.20. The van der Waals surface area contributed by atoms with Gasteiger partial charge in [-0.05, 0) is 530 Å². The molecular formula is C112H88O4Si4. The quantitative estimate of drug-likeness (QED) is 0.249. The molecule has 120 heavy (non-hydrogen) atoms. The Morgan fingerprint density at radius 3 is 0.408 bits per heavy atom. The van der Waals surface area contributed by atoms with Gasteiger partial charge in [-0.25, -0.2) is 0 Å². The minimum atomic E-state index is -0.657. The van der Waals surface area contributed by atoms with E-state index in [0.717, 1.165) is 207 Å². The van der Waals surface area contributed by atoms with Crippen LogP contribution >= 0.6 is 0 Å². The molecule has 0 aromatic rings. The van der Waals surface area contributed by atoms with Crippen molar-refractivity contribution < 1.29 is 17.1 Å².